The molecular weight excluding hydrogens is 264 g/mol. The summed E-state index contributed by atoms with van der Waals surface area (Å²) in [4.78, 5) is 2.61. The molecule has 0 amide bonds. The number of ether oxygens (including phenoxy) is 2. The molecule has 2 aliphatic rings. The molecule has 1 N–H and O–H groups in total. The van der Waals surface area contributed by atoms with E-state index in [9.17, 15) is 0 Å². The number of nitrogens with zero attached hydrogens (tertiary/aromatic N) is 1. The summed E-state index contributed by atoms with van der Waals surface area (Å²) in [7, 11) is 0. The second-order valence-electron chi connectivity index (χ2n) is 6.75. The number of rotatable bonds is 9. The van der Waals surface area contributed by atoms with Crippen molar-refractivity contribution in [2.45, 2.75) is 52.1 Å². The lowest BCUT2D eigenvalue weighted by Crippen LogP contribution is -2.49. The van der Waals surface area contributed by atoms with E-state index in [1.165, 1.54) is 38.6 Å². The molecule has 0 aromatic heterocycles. The summed E-state index contributed by atoms with van der Waals surface area (Å²) in [6.07, 6.45) is 6.52. The van der Waals surface area contributed by atoms with Gasteiger partial charge in [0.2, 0.25) is 0 Å². The molecule has 124 valence electrons. The van der Waals surface area contributed by atoms with Gasteiger partial charge in [0.1, 0.15) is 0 Å². The topological polar surface area (TPSA) is 33.7 Å². The number of hydrogen-bond donors (Lipinski definition) is 1. The molecule has 2 fully saturated rings. The predicted octanol–water partition coefficient (Wildman–Crippen LogP) is 2.28. The van der Waals surface area contributed by atoms with Crippen molar-refractivity contribution < 1.29 is 9.47 Å². The van der Waals surface area contributed by atoms with Crippen LogP contribution < -0.4 is 5.32 Å². The molecule has 1 atom stereocenters. The number of nitrogens with one attached hydrogen (secondary N) is 1. The second kappa shape index (κ2) is 9.09. The van der Waals surface area contributed by atoms with Crippen LogP contribution in [-0.2, 0) is 9.47 Å². The molecule has 1 unspecified atom stereocenters. The van der Waals surface area contributed by atoms with Gasteiger partial charge in [-0.1, -0.05) is 13.8 Å². The third-order valence-corrected chi connectivity index (χ3v) is 4.97. The van der Waals surface area contributed by atoms with Crippen LogP contribution in [0.25, 0.3) is 0 Å². The summed E-state index contributed by atoms with van der Waals surface area (Å²) in [6.45, 7) is 13.0. The van der Waals surface area contributed by atoms with Crippen LogP contribution in [0.1, 0.15) is 46.0 Å². The molecule has 0 spiro atoms. The minimum Gasteiger partial charge on any atom is -0.381 e. The molecule has 4 nitrogen and oxygen atoms in total. The first-order chi connectivity index (χ1) is 10.3. The van der Waals surface area contributed by atoms with Crippen molar-refractivity contribution in [3.05, 3.63) is 0 Å². The van der Waals surface area contributed by atoms with Gasteiger partial charge in [0, 0.05) is 39.5 Å². The van der Waals surface area contributed by atoms with Crippen molar-refractivity contribution in [1.82, 2.24) is 10.2 Å². The molecule has 0 aliphatic carbocycles. The molecule has 0 aromatic rings. The molecular formula is C17H34N2O2. The van der Waals surface area contributed by atoms with E-state index in [4.69, 9.17) is 9.47 Å². The van der Waals surface area contributed by atoms with Crippen molar-refractivity contribution >= 4 is 0 Å². The fraction of sp³-hybridized carbons (Fsp3) is 1.00. The van der Waals surface area contributed by atoms with Gasteiger partial charge in [0.25, 0.3) is 0 Å². The fourth-order valence-electron chi connectivity index (χ4n) is 3.58. The van der Waals surface area contributed by atoms with Crippen molar-refractivity contribution in [2.75, 3.05) is 52.5 Å². The molecule has 2 saturated heterocycles. The van der Waals surface area contributed by atoms with E-state index < -0.39 is 0 Å². The first-order valence-electron chi connectivity index (χ1n) is 8.90. The van der Waals surface area contributed by atoms with Gasteiger partial charge in [-0.25, -0.2) is 0 Å². The van der Waals surface area contributed by atoms with Gasteiger partial charge >= 0.3 is 0 Å². The molecule has 0 radical (unpaired) electrons. The average molecular weight is 298 g/mol. The van der Waals surface area contributed by atoms with Crippen molar-refractivity contribution in [3.63, 3.8) is 0 Å². The first-order valence-corrected chi connectivity index (χ1v) is 8.90. The van der Waals surface area contributed by atoms with Crippen LogP contribution in [0.2, 0.25) is 0 Å². The monoisotopic (exact) mass is 298 g/mol. The Morgan fingerprint density at radius 2 is 2.00 bits per heavy atom. The maximum absolute atomic E-state index is 5.82. The van der Waals surface area contributed by atoms with Crippen molar-refractivity contribution in [1.29, 1.82) is 0 Å². The van der Waals surface area contributed by atoms with Crippen LogP contribution in [0.15, 0.2) is 0 Å². The Kier molecular flexibility index (Phi) is 7.44. The molecule has 21 heavy (non-hydrogen) atoms. The van der Waals surface area contributed by atoms with Crippen molar-refractivity contribution in [2.24, 2.45) is 5.41 Å². The SMILES string of the molecule is CCCNCC1(CN(CC)CC2CCCO2)CCOCC1. The van der Waals surface area contributed by atoms with Crippen LogP contribution in [0, 0.1) is 5.41 Å². The van der Waals surface area contributed by atoms with Gasteiger partial charge in [-0.05, 0) is 50.6 Å². The summed E-state index contributed by atoms with van der Waals surface area (Å²) >= 11 is 0. The van der Waals surface area contributed by atoms with Crippen molar-refractivity contribution in [3.8, 4) is 0 Å². The van der Waals surface area contributed by atoms with E-state index in [1.807, 2.05) is 0 Å². The minimum absolute atomic E-state index is 0.391. The van der Waals surface area contributed by atoms with Gasteiger partial charge in [-0.2, -0.15) is 0 Å². The average Bonchev–Trinajstić information content (AvgIpc) is 3.01. The maximum atomic E-state index is 5.82. The van der Waals surface area contributed by atoms with Crippen LogP contribution in [0.5, 0.6) is 0 Å². The summed E-state index contributed by atoms with van der Waals surface area (Å²) in [6, 6.07) is 0. The van der Waals surface area contributed by atoms with Gasteiger partial charge in [-0.15, -0.1) is 0 Å². The molecule has 2 aliphatic heterocycles. The second-order valence-corrected chi connectivity index (χ2v) is 6.75. The molecule has 2 rings (SSSR count). The first kappa shape index (κ1) is 17.2. The van der Waals surface area contributed by atoms with E-state index in [-0.39, 0.29) is 0 Å². The third-order valence-electron chi connectivity index (χ3n) is 4.97. The highest BCUT2D eigenvalue weighted by Gasteiger charge is 2.34. The summed E-state index contributed by atoms with van der Waals surface area (Å²) in [5.41, 5.74) is 0.391. The van der Waals surface area contributed by atoms with E-state index in [0.717, 1.165) is 46.0 Å². The predicted molar refractivity (Wildman–Crippen MR) is 86.7 cm³/mol. The zero-order valence-corrected chi connectivity index (χ0v) is 14.0. The lowest BCUT2D eigenvalue weighted by Gasteiger charge is -2.41. The summed E-state index contributed by atoms with van der Waals surface area (Å²) in [5, 5.41) is 3.66. The summed E-state index contributed by atoms with van der Waals surface area (Å²) < 4.78 is 11.4. The Morgan fingerprint density at radius 3 is 2.62 bits per heavy atom. The Bertz CT molecular complexity index is 274. The zero-order valence-electron chi connectivity index (χ0n) is 14.0. The Labute approximate surface area is 130 Å². The standard InChI is InChI=1S/C17H34N2O2/c1-3-9-18-14-17(7-11-20-12-8-17)15-19(4-2)13-16-6-5-10-21-16/h16,18H,3-15H2,1-2H3. The quantitative estimate of drug-likeness (QED) is 0.662. The van der Waals surface area contributed by atoms with Crippen LogP contribution in [0.3, 0.4) is 0 Å². The molecule has 4 heteroatoms. The Balaban J connectivity index is 1.87. The van der Waals surface area contributed by atoms with E-state index in [0.29, 0.717) is 11.5 Å². The minimum atomic E-state index is 0.391. The highest BCUT2D eigenvalue weighted by molar-refractivity contribution is 4.88. The number of likely N-dealkylation sites (N-methyl/N-ethyl adjacent to an activating group) is 1. The molecule has 2 heterocycles. The lowest BCUT2D eigenvalue weighted by molar-refractivity contribution is -0.0127. The van der Waals surface area contributed by atoms with Crippen LogP contribution in [-0.4, -0.2) is 63.5 Å². The Morgan fingerprint density at radius 1 is 1.19 bits per heavy atom. The summed E-state index contributed by atoms with van der Waals surface area (Å²) in [5.74, 6) is 0. The molecule has 0 saturated carbocycles. The fourth-order valence-corrected chi connectivity index (χ4v) is 3.58. The van der Waals surface area contributed by atoms with Crippen LogP contribution >= 0.6 is 0 Å². The maximum Gasteiger partial charge on any atom is 0.0702 e. The van der Waals surface area contributed by atoms with Gasteiger partial charge in [-0.3, -0.25) is 0 Å². The highest BCUT2D eigenvalue weighted by atomic mass is 16.5. The normalized spacial score (nSPS) is 25.6. The third kappa shape index (κ3) is 5.51. The van der Waals surface area contributed by atoms with E-state index in [1.54, 1.807) is 0 Å². The van der Waals surface area contributed by atoms with E-state index >= 15 is 0 Å². The lowest BCUT2D eigenvalue weighted by atomic mass is 9.79. The largest absolute Gasteiger partial charge is 0.381 e. The zero-order chi connectivity index (χ0) is 15.0. The van der Waals surface area contributed by atoms with Gasteiger partial charge in [0.05, 0.1) is 6.10 Å². The van der Waals surface area contributed by atoms with E-state index in [2.05, 4.69) is 24.1 Å². The smallest absolute Gasteiger partial charge is 0.0702 e. The van der Waals surface area contributed by atoms with Gasteiger partial charge in [0.15, 0.2) is 0 Å². The number of hydrogen-bond acceptors (Lipinski definition) is 4. The highest BCUT2D eigenvalue weighted by Crippen LogP contribution is 2.31. The van der Waals surface area contributed by atoms with Crippen LogP contribution in [0.4, 0.5) is 0 Å². The van der Waals surface area contributed by atoms with Gasteiger partial charge < -0.3 is 19.7 Å². The molecule has 0 aromatic carbocycles. The molecule has 0 bridgehead atoms. The Hall–Kier alpha value is -0.160.